The maximum absolute atomic E-state index is 14.6. The Morgan fingerprint density at radius 1 is 0.708 bits per heavy atom. The molecule has 5 aromatic rings. The molecule has 33 nitrogen and oxygen atoms in total. The minimum absolute atomic E-state index is 0.00877. The number of oxazole rings is 1. The van der Waals surface area contributed by atoms with Crippen LogP contribution < -0.4 is 11.5 Å². The van der Waals surface area contributed by atoms with Crippen LogP contribution in [0, 0.1) is 35.5 Å². The number of aliphatic hydroxyl groups is 3. The second-order valence-corrected chi connectivity index (χ2v) is 34.6. The number of ketones is 2. The Morgan fingerprint density at radius 3 is 2.08 bits per heavy atom. The fourth-order valence-electron chi connectivity index (χ4n) is 17.2. The van der Waals surface area contributed by atoms with Crippen LogP contribution in [0.4, 0.5) is 11.8 Å². The van der Waals surface area contributed by atoms with Crippen LogP contribution in [0.25, 0.3) is 33.4 Å². The Labute approximate surface area is 766 Å². The van der Waals surface area contributed by atoms with Gasteiger partial charge in [0.25, 0.3) is 17.7 Å². The van der Waals surface area contributed by atoms with Crippen molar-refractivity contribution < 1.29 is 115 Å². The predicted octanol–water partition coefficient (Wildman–Crippen LogP) is 11.2. The first-order valence-corrected chi connectivity index (χ1v) is 46.5. The molecule has 2 amide bonds. The summed E-state index contributed by atoms with van der Waals surface area (Å²) in [5, 5.41) is 41.0. The van der Waals surface area contributed by atoms with Crippen LogP contribution in [0.5, 0.6) is 0 Å². The molecule has 7 N–H and O–H groups in total. The molecule has 0 unspecified atom stereocenters. The van der Waals surface area contributed by atoms with Gasteiger partial charge in [0.05, 0.1) is 102 Å². The largest absolute Gasteiger partial charge is 0.460 e. The Hall–Kier alpha value is -8.36. The number of aromatic nitrogens is 5. The minimum atomic E-state index is -2.44. The number of piperidine rings is 1. The first kappa shape index (κ1) is 107. The van der Waals surface area contributed by atoms with Crippen molar-refractivity contribution >= 4 is 69.3 Å². The van der Waals surface area contributed by atoms with E-state index < -0.39 is 90.0 Å². The number of carbonyl (C=O) groups excluding carboxylic acids is 6. The fourth-order valence-corrected chi connectivity index (χ4v) is 17.2. The zero-order valence-corrected chi connectivity index (χ0v) is 79.1. The highest BCUT2D eigenvalue weighted by Gasteiger charge is 2.53. The summed E-state index contributed by atoms with van der Waals surface area (Å²) in [5.41, 5.74) is 20.1. The zero-order chi connectivity index (χ0) is 94.2. The molecule has 0 spiro atoms. The van der Waals surface area contributed by atoms with Crippen LogP contribution in [0.3, 0.4) is 0 Å². The molecule has 7 heterocycles. The quantitative estimate of drug-likeness (QED) is 0.0109. The standard InChI is InChI=1S/C56H89NO15.C28H30N8O4.C13H28O5/c1-34-18-13-12-14-19-35(2)46(67-9)32-42-24-22-40(7)56(65,72-42)53(62)54(63)57-26-16-15-20-43(57)55(64)71-47(33-44(58)36(3)29-39(6)51(61)52(69-11)50(60)38(5)28-34)37(4)30-41-23-25-45(48(31-41)68-10)70-49(59)21-17-27-66-8;1-2-38-9-10-39-15-23(37)35-8-7-18-11-17(3-4-20(18)14-35)13-36-27-24(26(29)31-16-32-27)25(34-36)19-5-6-22-21(12-19)33-28(30)40-22;1-3-5-15-8-9-17-12-13-18-11-10-16-7-6-14-4-2/h12-14,18-19,29,34,36-38,40-48,51-52,58,61,65H,15-17,20-28,30-33H2,1-11H3;3-6,11-12,16H,2,7-10,13-15H2,1H3,(H2,30,33)(H2,29,31,32);3-13H2,1-2H3/b14-12+,18-13+,35-19+,39-29+;;/t34-,36-,37-,38-,40-,41+,42+,43+,44-,45-,46+,47+,48-,51-,52+,56-;;/m1../s1. The van der Waals surface area contributed by atoms with E-state index in [2.05, 4.69) is 40.1 Å². The summed E-state index contributed by atoms with van der Waals surface area (Å²) < 4.78 is 85.1. The van der Waals surface area contributed by atoms with Crippen molar-refractivity contribution in [3.8, 4) is 11.3 Å². The molecule has 16 atom stereocenters. The number of aliphatic hydroxyl groups excluding tert-OH is 2. The molecule has 2 saturated heterocycles. The van der Waals surface area contributed by atoms with E-state index in [9.17, 15) is 44.1 Å². The Balaban J connectivity index is 0.000000296. The zero-order valence-electron chi connectivity index (χ0n) is 79.1. The van der Waals surface area contributed by atoms with E-state index in [4.69, 9.17) is 87.3 Å². The summed E-state index contributed by atoms with van der Waals surface area (Å²) in [6.45, 7) is 29.2. The van der Waals surface area contributed by atoms with Gasteiger partial charge in [-0.15, -0.1) is 0 Å². The summed E-state index contributed by atoms with van der Waals surface area (Å²) in [7, 11) is 6.15. The van der Waals surface area contributed by atoms with E-state index >= 15 is 0 Å². The summed E-state index contributed by atoms with van der Waals surface area (Å²) in [4.78, 5) is 98.2. The third-order valence-corrected chi connectivity index (χ3v) is 24.7. The van der Waals surface area contributed by atoms with Crippen molar-refractivity contribution in [2.24, 2.45) is 35.5 Å². The topological polar surface area (TPSA) is 420 Å². The fraction of sp³-hybridized carbons (Fsp3) is 0.670. The summed E-state index contributed by atoms with van der Waals surface area (Å²) in [6, 6.07) is 10.9. The number of methoxy groups -OCH3 is 4. The third-order valence-electron chi connectivity index (χ3n) is 24.7. The number of nitrogens with zero attached hydrogens (tertiary/aromatic N) is 7. The van der Waals surface area contributed by atoms with E-state index in [1.807, 2.05) is 99.7 Å². The van der Waals surface area contributed by atoms with Gasteiger partial charge in [0.1, 0.15) is 60.4 Å². The lowest BCUT2D eigenvalue weighted by molar-refractivity contribution is -0.265. The molecular formula is C97H147N9O24. The Kier molecular flexibility index (Phi) is 46.1. The number of benzene rings is 2. The van der Waals surface area contributed by atoms with Crippen molar-refractivity contribution in [1.82, 2.24) is 34.5 Å². The second-order valence-electron chi connectivity index (χ2n) is 34.6. The highest BCUT2D eigenvalue weighted by atomic mass is 16.6. The first-order chi connectivity index (χ1) is 62.6. The van der Waals surface area contributed by atoms with Gasteiger partial charge in [-0.2, -0.15) is 10.1 Å². The number of esters is 2. The van der Waals surface area contributed by atoms with Crippen molar-refractivity contribution in [3.63, 3.8) is 0 Å². The number of hydrogen-bond donors (Lipinski definition) is 5. The van der Waals surface area contributed by atoms with Gasteiger partial charge < -0.3 is 107 Å². The number of hydrogen-bond acceptors (Lipinski definition) is 30. The number of anilines is 2. The predicted molar refractivity (Wildman–Crippen MR) is 490 cm³/mol. The highest BCUT2D eigenvalue weighted by Crippen LogP contribution is 2.40. The summed E-state index contributed by atoms with van der Waals surface area (Å²) in [6.07, 6.45) is 14.7. The summed E-state index contributed by atoms with van der Waals surface area (Å²) >= 11 is 0. The van der Waals surface area contributed by atoms with Gasteiger partial charge in [-0.1, -0.05) is 96.2 Å². The smallest absolute Gasteiger partial charge is 0.329 e. The van der Waals surface area contributed by atoms with Crippen LogP contribution >= 0.6 is 0 Å². The summed E-state index contributed by atoms with van der Waals surface area (Å²) in [5.74, 6) is -7.48. The van der Waals surface area contributed by atoms with Gasteiger partial charge in [-0.25, -0.2) is 19.4 Å². The monoisotopic (exact) mass is 1820 g/mol. The van der Waals surface area contributed by atoms with Gasteiger partial charge >= 0.3 is 11.9 Å². The molecule has 10 rings (SSSR count). The number of rotatable bonds is 35. The van der Waals surface area contributed by atoms with Crippen LogP contribution in [-0.2, 0) is 115 Å². The SMILES string of the molecule is CCCOCCOCCOCCOCCOCC.CCOCCOCC(=O)N1CCc2cc(Cn3nc(-c4ccc5oc(N)nc5c4)c4c(N)ncnc43)ccc2C1.COCCCC(=O)O[C@@H]1CC[C@@H](C[C@@H](C)[C@@H]2C[C@@H](O)[C@H](C)/C=C(\C)[C@@H](O)[C@@H](OC)C(=O)[C@H](C)C[C@H](C)/C=C/C=C/C=C(\C)[C@@H](OC)C[C@@H]3CC[C@@H](C)[C@@](O)(O3)C(=O)C(=O)N3CCCC[C@H]3C(=O)O2)C[C@H]1OC. The van der Waals surface area contributed by atoms with E-state index in [-0.39, 0.29) is 79.9 Å². The van der Waals surface area contributed by atoms with Crippen LogP contribution in [-0.4, -0.2) is 286 Å². The normalized spacial score (nSPS) is 27.0. The molecule has 3 fully saturated rings. The first-order valence-electron chi connectivity index (χ1n) is 46.5. The number of nitrogen functional groups attached to an aromatic ring is 2. The van der Waals surface area contributed by atoms with Crippen LogP contribution in [0.1, 0.15) is 182 Å². The maximum Gasteiger partial charge on any atom is 0.329 e. The van der Waals surface area contributed by atoms with Crippen molar-refractivity contribution in [3.05, 3.63) is 107 Å². The lowest BCUT2D eigenvalue weighted by Crippen LogP contribution is -2.61. The van der Waals surface area contributed by atoms with Gasteiger partial charge in [0.2, 0.25) is 11.7 Å². The number of amides is 2. The lowest BCUT2D eigenvalue weighted by Gasteiger charge is -2.43. The van der Waals surface area contributed by atoms with Gasteiger partial charge in [0.15, 0.2) is 17.0 Å². The molecule has 33 heteroatoms. The van der Waals surface area contributed by atoms with Crippen LogP contribution in [0.15, 0.2) is 94.7 Å². The van der Waals surface area contributed by atoms with Gasteiger partial charge in [0, 0.05) is 117 Å². The lowest BCUT2D eigenvalue weighted by atomic mass is 9.78. The molecule has 2 bridgehead atoms. The van der Waals surface area contributed by atoms with Crippen molar-refractivity contribution in [2.45, 2.75) is 246 Å². The van der Waals surface area contributed by atoms with Crippen molar-refractivity contribution in [1.29, 1.82) is 0 Å². The van der Waals surface area contributed by atoms with E-state index in [1.54, 1.807) is 48.2 Å². The molecule has 0 radical (unpaired) electrons. The average molecular weight is 1820 g/mol. The molecule has 4 aliphatic heterocycles. The molecule has 1 aliphatic carbocycles. The molecular weight excluding hydrogens is 1680 g/mol. The van der Waals surface area contributed by atoms with Gasteiger partial charge in [-0.3, -0.25) is 24.0 Å². The number of fused-ring (bicyclic) bond motifs is 6. The molecule has 5 aliphatic rings. The van der Waals surface area contributed by atoms with Crippen LogP contribution in [0.2, 0.25) is 0 Å². The second kappa shape index (κ2) is 56.0. The van der Waals surface area contributed by atoms with Crippen molar-refractivity contribution in [2.75, 3.05) is 152 Å². The number of nitrogens with two attached hydrogens (primary N) is 2. The maximum atomic E-state index is 14.6. The molecule has 1 saturated carbocycles. The number of ether oxygens (including phenoxy) is 14. The number of cyclic esters (lactones) is 1. The minimum Gasteiger partial charge on any atom is -0.460 e. The average Bonchev–Trinajstić information content (AvgIpc) is 1.59. The Morgan fingerprint density at radius 2 is 1.41 bits per heavy atom. The van der Waals surface area contributed by atoms with Gasteiger partial charge in [-0.05, 0) is 175 Å². The van der Waals surface area contributed by atoms with E-state index in [0.717, 1.165) is 48.3 Å². The molecule has 2 aromatic carbocycles. The molecule has 130 heavy (non-hydrogen) atoms. The molecule has 724 valence electrons. The number of Topliss-reactive ketones (excluding diaryl/α,β-unsaturated/α-hetero) is 2. The number of carbonyl (C=O) groups is 6. The highest BCUT2D eigenvalue weighted by molar-refractivity contribution is 6.39. The number of allylic oxidation sites excluding steroid dienone is 5. The van der Waals surface area contributed by atoms with E-state index in [1.165, 1.54) is 23.9 Å². The third kappa shape index (κ3) is 32.5. The van der Waals surface area contributed by atoms with E-state index in [0.29, 0.717) is 209 Å². The Bertz CT molecular complexity index is 4420. The molecule has 3 aromatic heterocycles.